The zero-order valence-corrected chi connectivity index (χ0v) is 12.5. The number of sulfonamides is 1. The van der Waals surface area contributed by atoms with Crippen LogP contribution in [0, 0.1) is 0 Å². The lowest BCUT2D eigenvalue weighted by atomic mass is 9.94. The summed E-state index contributed by atoms with van der Waals surface area (Å²) in [4.78, 5) is 1.38. The van der Waals surface area contributed by atoms with Crippen molar-refractivity contribution in [2.24, 2.45) is 0 Å². The van der Waals surface area contributed by atoms with Crippen molar-refractivity contribution >= 4 is 21.4 Å². The molecule has 102 valence electrons. The van der Waals surface area contributed by atoms with E-state index in [0.717, 1.165) is 30.7 Å². The van der Waals surface area contributed by atoms with Crippen LogP contribution < -0.4 is 5.32 Å². The number of hydrogen-bond donors (Lipinski definition) is 1. The van der Waals surface area contributed by atoms with Crippen LogP contribution in [-0.4, -0.2) is 32.4 Å². The van der Waals surface area contributed by atoms with E-state index in [0.29, 0.717) is 11.4 Å². The molecular formula is C12H20N2O2S2. The third-order valence-corrected chi connectivity index (χ3v) is 6.53. The van der Waals surface area contributed by atoms with E-state index in [1.807, 2.05) is 12.3 Å². The van der Waals surface area contributed by atoms with Gasteiger partial charge in [-0.3, -0.25) is 0 Å². The summed E-state index contributed by atoms with van der Waals surface area (Å²) < 4.78 is 26.6. The first-order chi connectivity index (χ1) is 8.57. The predicted molar refractivity (Wildman–Crippen MR) is 74.3 cm³/mol. The van der Waals surface area contributed by atoms with Crippen LogP contribution in [0.25, 0.3) is 0 Å². The molecule has 1 aromatic rings. The van der Waals surface area contributed by atoms with Crippen LogP contribution in [0.4, 0.5) is 0 Å². The first kappa shape index (κ1) is 14.0. The molecule has 0 bridgehead atoms. The SMILES string of the molecule is CCNCc1sccc1S(=O)(=O)N(C)C1CCC1. The Labute approximate surface area is 113 Å². The van der Waals surface area contributed by atoms with E-state index < -0.39 is 10.0 Å². The van der Waals surface area contributed by atoms with Crippen LogP contribution in [0.5, 0.6) is 0 Å². The highest BCUT2D eigenvalue weighted by Crippen LogP contribution is 2.31. The van der Waals surface area contributed by atoms with Crippen molar-refractivity contribution in [3.8, 4) is 0 Å². The fourth-order valence-electron chi connectivity index (χ4n) is 2.03. The van der Waals surface area contributed by atoms with Crippen molar-refractivity contribution in [2.75, 3.05) is 13.6 Å². The number of nitrogens with one attached hydrogen (secondary N) is 1. The van der Waals surface area contributed by atoms with Crippen molar-refractivity contribution in [2.45, 2.75) is 43.7 Å². The molecule has 6 heteroatoms. The maximum atomic E-state index is 12.5. The van der Waals surface area contributed by atoms with E-state index >= 15 is 0 Å². The van der Waals surface area contributed by atoms with Crippen molar-refractivity contribution in [3.05, 3.63) is 16.3 Å². The third-order valence-electron chi connectivity index (χ3n) is 3.49. The van der Waals surface area contributed by atoms with E-state index in [1.165, 1.54) is 11.3 Å². The average Bonchev–Trinajstić information content (AvgIpc) is 2.72. The summed E-state index contributed by atoms with van der Waals surface area (Å²) >= 11 is 1.50. The van der Waals surface area contributed by atoms with Gasteiger partial charge in [-0.15, -0.1) is 11.3 Å². The molecule has 0 spiro atoms. The minimum absolute atomic E-state index is 0.196. The molecule has 0 aromatic carbocycles. The lowest BCUT2D eigenvalue weighted by molar-refractivity contribution is 0.249. The molecule has 1 saturated carbocycles. The van der Waals surface area contributed by atoms with Gasteiger partial charge < -0.3 is 5.32 Å². The summed E-state index contributed by atoms with van der Waals surface area (Å²) in [6.07, 6.45) is 3.11. The zero-order chi connectivity index (χ0) is 13.2. The van der Waals surface area contributed by atoms with Gasteiger partial charge in [-0.25, -0.2) is 8.42 Å². The van der Waals surface area contributed by atoms with Gasteiger partial charge >= 0.3 is 0 Å². The average molecular weight is 288 g/mol. The Morgan fingerprint density at radius 1 is 1.50 bits per heavy atom. The monoisotopic (exact) mass is 288 g/mol. The molecule has 1 aliphatic carbocycles. The molecule has 0 amide bonds. The molecule has 1 heterocycles. The lowest BCUT2D eigenvalue weighted by Gasteiger charge is -2.33. The van der Waals surface area contributed by atoms with E-state index in [1.54, 1.807) is 17.4 Å². The summed E-state index contributed by atoms with van der Waals surface area (Å²) in [7, 11) is -1.61. The second-order valence-electron chi connectivity index (χ2n) is 4.59. The highest BCUT2D eigenvalue weighted by molar-refractivity contribution is 7.89. The first-order valence-corrected chi connectivity index (χ1v) is 8.64. The van der Waals surface area contributed by atoms with Crippen molar-refractivity contribution in [3.63, 3.8) is 0 Å². The third kappa shape index (κ3) is 2.61. The van der Waals surface area contributed by atoms with E-state index in [2.05, 4.69) is 5.32 Å². The maximum Gasteiger partial charge on any atom is 0.244 e. The Kier molecular flexibility index (Phi) is 4.42. The molecule has 0 aliphatic heterocycles. The van der Waals surface area contributed by atoms with Crippen molar-refractivity contribution < 1.29 is 8.42 Å². The second kappa shape index (κ2) is 5.69. The summed E-state index contributed by atoms with van der Waals surface area (Å²) in [6.45, 7) is 3.49. The molecule has 0 atom stereocenters. The molecule has 1 N–H and O–H groups in total. The van der Waals surface area contributed by atoms with Crippen LogP contribution in [0.15, 0.2) is 16.3 Å². The largest absolute Gasteiger partial charge is 0.312 e. The van der Waals surface area contributed by atoms with E-state index in [4.69, 9.17) is 0 Å². The lowest BCUT2D eigenvalue weighted by Crippen LogP contribution is -2.41. The Morgan fingerprint density at radius 3 is 2.78 bits per heavy atom. The molecule has 0 unspecified atom stereocenters. The van der Waals surface area contributed by atoms with Gasteiger partial charge in [0, 0.05) is 24.5 Å². The summed E-state index contributed by atoms with van der Waals surface area (Å²) in [5, 5.41) is 5.04. The minimum atomic E-state index is -3.31. The van der Waals surface area contributed by atoms with Crippen LogP contribution in [0.3, 0.4) is 0 Å². The fraction of sp³-hybridized carbons (Fsp3) is 0.667. The molecule has 1 fully saturated rings. The number of rotatable bonds is 6. The molecule has 0 radical (unpaired) electrons. The quantitative estimate of drug-likeness (QED) is 0.871. The summed E-state index contributed by atoms with van der Waals surface area (Å²) in [5.74, 6) is 0. The highest BCUT2D eigenvalue weighted by atomic mass is 32.2. The van der Waals surface area contributed by atoms with Crippen LogP contribution in [0.1, 0.15) is 31.1 Å². The van der Waals surface area contributed by atoms with Gasteiger partial charge in [-0.1, -0.05) is 13.3 Å². The Balaban J connectivity index is 2.20. The summed E-state index contributed by atoms with van der Waals surface area (Å²) in [6, 6.07) is 1.92. The smallest absolute Gasteiger partial charge is 0.244 e. The van der Waals surface area contributed by atoms with Crippen LogP contribution >= 0.6 is 11.3 Å². The Hall–Kier alpha value is -0.430. The molecule has 18 heavy (non-hydrogen) atoms. The molecule has 4 nitrogen and oxygen atoms in total. The van der Waals surface area contributed by atoms with E-state index in [-0.39, 0.29) is 6.04 Å². The van der Waals surface area contributed by atoms with Crippen LogP contribution in [-0.2, 0) is 16.6 Å². The van der Waals surface area contributed by atoms with Crippen LogP contribution in [0.2, 0.25) is 0 Å². The predicted octanol–water partition coefficient (Wildman–Crippen LogP) is 2.03. The first-order valence-electron chi connectivity index (χ1n) is 6.32. The minimum Gasteiger partial charge on any atom is -0.312 e. The van der Waals surface area contributed by atoms with Crippen molar-refractivity contribution in [1.29, 1.82) is 0 Å². The number of thiophene rings is 1. The van der Waals surface area contributed by atoms with Gasteiger partial charge in [0.25, 0.3) is 0 Å². The maximum absolute atomic E-state index is 12.5. The molecular weight excluding hydrogens is 268 g/mol. The van der Waals surface area contributed by atoms with Gasteiger partial charge in [-0.05, 0) is 30.8 Å². The molecule has 2 rings (SSSR count). The molecule has 1 aliphatic rings. The van der Waals surface area contributed by atoms with E-state index in [9.17, 15) is 8.42 Å². The zero-order valence-electron chi connectivity index (χ0n) is 10.8. The van der Waals surface area contributed by atoms with Gasteiger partial charge in [0.05, 0.1) is 4.90 Å². The second-order valence-corrected chi connectivity index (χ2v) is 7.56. The standard InChI is InChI=1S/C12H20N2O2S2/c1-3-13-9-11-12(7-8-17-11)18(15,16)14(2)10-5-4-6-10/h7-8,10,13H,3-6,9H2,1-2H3. The number of hydrogen-bond acceptors (Lipinski definition) is 4. The van der Waals surface area contributed by atoms with Gasteiger partial charge in [-0.2, -0.15) is 4.31 Å². The molecule has 1 aromatic heterocycles. The summed E-state index contributed by atoms with van der Waals surface area (Å²) in [5.41, 5.74) is 0. The van der Waals surface area contributed by atoms with Gasteiger partial charge in [0.1, 0.15) is 0 Å². The topological polar surface area (TPSA) is 49.4 Å². The number of nitrogens with zero attached hydrogens (tertiary/aromatic N) is 1. The van der Waals surface area contributed by atoms with Gasteiger partial charge in [0.2, 0.25) is 10.0 Å². The Morgan fingerprint density at radius 2 is 2.22 bits per heavy atom. The van der Waals surface area contributed by atoms with Crippen molar-refractivity contribution in [1.82, 2.24) is 9.62 Å². The highest BCUT2D eigenvalue weighted by Gasteiger charge is 2.33. The normalized spacial score (nSPS) is 17.1. The fourth-order valence-corrected chi connectivity index (χ4v) is 4.83. The molecule has 0 saturated heterocycles. The Bertz CT molecular complexity index is 492. The van der Waals surface area contributed by atoms with Gasteiger partial charge in [0.15, 0.2) is 0 Å².